The van der Waals surface area contributed by atoms with Gasteiger partial charge in [-0.05, 0) is 47.3 Å². The van der Waals surface area contributed by atoms with Crippen LogP contribution < -0.4 is 0 Å². The smallest absolute Gasteiger partial charge is 0.213 e. The molecular formula is C10H9BrN4OS. The summed E-state index contributed by atoms with van der Waals surface area (Å²) in [4.78, 5) is 12.3. The van der Waals surface area contributed by atoms with E-state index in [9.17, 15) is 4.79 Å². The number of rotatable bonds is 3. The minimum atomic E-state index is 0.0233. The molecule has 0 bridgehead atoms. The first kappa shape index (κ1) is 12.3. The summed E-state index contributed by atoms with van der Waals surface area (Å²) in [5, 5.41) is 11.8. The number of carbonyl (C=O) groups excluding carboxylic acids is 1. The number of tetrazole rings is 1. The summed E-state index contributed by atoms with van der Waals surface area (Å²) in [6.45, 7) is 1.54. The van der Waals surface area contributed by atoms with E-state index in [4.69, 9.17) is 0 Å². The molecule has 0 saturated heterocycles. The highest BCUT2D eigenvalue weighted by atomic mass is 79.9. The molecule has 88 valence electrons. The molecular weight excluding hydrogens is 304 g/mol. The number of aryl methyl sites for hydroxylation is 1. The molecule has 0 aliphatic heterocycles. The van der Waals surface area contributed by atoms with Crippen LogP contribution in [0.4, 0.5) is 0 Å². The Bertz CT molecular complexity index is 569. The summed E-state index contributed by atoms with van der Waals surface area (Å²) in [7, 11) is 1.76. The van der Waals surface area contributed by atoms with Crippen molar-refractivity contribution in [3.05, 3.63) is 28.2 Å². The van der Waals surface area contributed by atoms with Gasteiger partial charge in [0.1, 0.15) is 0 Å². The average Bonchev–Trinajstić information content (AvgIpc) is 2.64. The lowest BCUT2D eigenvalue weighted by atomic mass is 10.1. The van der Waals surface area contributed by atoms with Crippen molar-refractivity contribution in [2.75, 3.05) is 0 Å². The highest BCUT2D eigenvalue weighted by Gasteiger charge is 2.12. The number of carbonyl (C=O) groups is 1. The quantitative estimate of drug-likeness (QED) is 0.814. The zero-order valence-electron chi connectivity index (χ0n) is 9.22. The van der Waals surface area contributed by atoms with Crippen LogP contribution in [0.15, 0.2) is 32.7 Å². The Hall–Kier alpha value is -1.21. The SMILES string of the molecule is CC(=O)c1ccc(Br)cc1Sc1nnnn1C. The van der Waals surface area contributed by atoms with Gasteiger partial charge in [-0.15, -0.1) is 5.10 Å². The molecule has 0 fully saturated rings. The first-order valence-corrected chi connectivity index (χ1v) is 6.39. The van der Waals surface area contributed by atoms with Crippen molar-refractivity contribution < 1.29 is 4.79 Å². The number of hydrogen-bond donors (Lipinski definition) is 0. The van der Waals surface area contributed by atoms with E-state index in [1.807, 2.05) is 12.1 Å². The van der Waals surface area contributed by atoms with Crippen LogP contribution in [0.25, 0.3) is 0 Å². The number of nitrogens with zero attached hydrogens (tertiary/aromatic N) is 4. The maximum Gasteiger partial charge on any atom is 0.213 e. The van der Waals surface area contributed by atoms with E-state index in [0.717, 1.165) is 9.37 Å². The van der Waals surface area contributed by atoms with Gasteiger partial charge >= 0.3 is 0 Å². The van der Waals surface area contributed by atoms with E-state index in [2.05, 4.69) is 31.5 Å². The van der Waals surface area contributed by atoms with Gasteiger partial charge in [-0.25, -0.2) is 4.68 Å². The first-order chi connectivity index (χ1) is 8.08. The van der Waals surface area contributed by atoms with E-state index in [1.54, 1.807) is 24.7 Å². The molecule has 17 heavy (non-hydrogen) atoms. The van der Waals surface area contributed by atoms with Crippen molar-refractivity contribution in [1.29, 1.82) is 0 Å². The second kappa shape index (κ2) is 4.97. The van der Waals surface area contributed by atoms with Gasteiger partial charge in [-0.2, -0.15) is 0 Å². The fourth-order valence-corrected chi connectivity index (χ4v) is 2.74. The molecule has 0 N–H and O–H groups in total. The number of benzene rings is 1. The molecule has 5 nitrogen and oxygen atoms in total. The summed E-state index contributed by atoms with van der Waals surface area (Å²) < 4.78 is 2.48. The van der Waals surface area contributed by atoms with E-state index < -0.39 is 0 Å². The molecule has 0 spiro atoms. The van der Waals surface area contributed by atoms with Crippen molar-refractivity contribution in [1.82, 2.24) is 20.2 Å². The molecule has 7 heteroatoms. The van der Waals surface area contributed by atoms with Gasteiger partial charge in [0, 0.05) is 22.0 Å². The Balaban J connectivity index is 2.41. The molecule has 0 unspecified atom stereocenters. The van der Waals surface area contributed by atoms with Gasteiger partial charge in [-0.3, -0.25) is 4.79 Å². The summed E-state index contributed by atoms with van der Waals surface area (Å²) in [5.74, 6) is 0.0233. The van der Waals surface area contributed by atoms with Crippen LogP contribution in [0.2, 0.25) is 0 Å². The van der Waals surface area contributed by atoms with Crippen LogP contribution in [0.1, 0.15) is 17.3 Å². The van der Waals surface area contributed by atoms with Crippen LogP contribution in [-0.4, -0.2) is 26.0 Å². The minimum absolute atomic E-state index is 0.0233. The molecule has 1 aromatic carbocycles. The standard InChI is InChI=1S/C10H9BrN4OS/c1-6(16)8-4-3-7(11)5-9(8)17-10-12-13-14-15(10)2/h3-5H,1-2H3. The van der Waals surface area contributed by atoms with Crippen LogP contribution in [0.5, 0.6) is 0 Å². The lowest BCUT2D eigenvalue weighted by Gasteiger charge is -2.05. The third kappa shape index (κ3) is 2.73. The predicted molar refractivity (Wildman–Crippen MR) is 67.1 cm³/mol. The Labute approximate surface area is 111 Å². The second-order valence-corrected chi connectivity index (χ2v) is 5.31. The minimum Gasteiger partial charge on any atom is -0.294 e. The van der Waals surface area contributed by atoms with Crippen LogP contribution in [0.3, 0.4) is 0 Å². The number of Topliss-reactive ketones (excluding diaryl/α,β-unsaturated/α-hetero) is 1. The van der Waals surface area contributed by atoms with Gasteiger partial charge in [0.05, 0.1) is 0 Å². The number of aromatic nitrogens is 4. The van der Waals surface area contributed by atoms with Gasteiger partial charge in [0.25, 0.3) is 0 Å². The summed E-state index contributed by atoms with van der Waals surface area (Å²) in [6.07, 6.45) is 0. The zero-order chi connectivity index (χ0) is 12.4. The average molecular weight is 313 g/mol. The van der Waals surface area contributed by atoms with Gasteiger partial charge in [0.15, 0.2) is 5.78 Å². The maximum absolute atomic E-state index is 11.5. The normalized spacial score (nSPS) is 10.5. The van der Waals surface area contributed by atoms with Crippen molar-refractivity contribution in [3.8, 4) is 0 Å². The van der Waals surface area contributed by atoms with Gasteiger partial charge < -0.3 is 0 Å². The second-order valence-electron chi connectivity index (χ2n) is 3.38. The molecule has 0 aliphatic carbocycles. The molecule has 2 rings (SSSR count). The highest BCUT2D eigenvalue weighted by Crippen LogP contribution is 2.31. The lowest BCUT2D eigenvalue weighted by molar-refractivity contribution is 0.101. The molecule has 0 atom stereocenters. The van der Waals surface area contributed by atoms with E-state index in [0.29, 0.717) is 10.7 Å². The number of halogens is 1. The maximum atomic E-state index is 11.5. The first-order valence-electron chi connectivity index (χ1n) is 4.78. The van der Waals surface area contributed by atoms with E-state index in [-0.39, 0.29) is 5.78 Å². The Morgan fingerprint density at radius 1 is 1.47 bits per heavy atom. The molecule has 2 aromatic rings. The largest absolute Gasteiger partial charge is 0.294 e. The highest BCUT2D eigenvalue weighted by molar-refractivity contribution is 9.10. The fourth-order valence-electron chi connectivity index (χ4n) is 1.28. The van der Waals surface area contributed by atoms with Crippen molar-refractivity contribution in [3.63, 3.8) is 0 Å². The van der Waals surface area contributed by atoms with Crippen LogP contribution >= 0.6 is 27.7 Å². The van der Waals surface area contributed by atoms with Gasteiger partial charge in [0.2, 0.25) is 5.16 Å². The topological polar surface area (TPSA) is 60.7 Å². The fraction of sp³-hybridized carbons (Fsp3) is 0.200. The van der Waals surface area contributed by atoms with Crippen molar-refractivity contribution >= 4 is 33.5 Å². The predicted octanol–water partition coefficient (Wildman–Crippen LogP) is 2.33. The molecule has 1 heterocycles. The van der Waals surface area contributed by atoms with Crippen molar-refractivity contribution in [2.24, 2.45) is 7.05 Å². The molecule has 0 aliphatic rings. The Morgan fingerprint density at radius 3 is 2.82 bits per heavy atom. The molecule has 1 aromatic heterocycles. The van der Waals surface area contributed by atoms with Gasteiger partial charge in [-0.1, -0.05) is 15.9 Å². The molecule has 0 amide bonds. The Kier molecular flexibility index (Phi) is 3.58. The summed E-state index contributed by atoms with van der Waals surface area (Å²) in [6, 6.07) is 5.52. The van der Waals surface area contributed by atoms with E-state index >= 15 is 0 Å². The van der Waals surface area contributed by atoms with Crippen LogP contribution in [-0.2, 0) is 7.05 Å². The monoisotopic (exact) mass is 312 g/mol. The molecule has 0 saturated carbocycles. The van der Waals surface area contributed by atoms with E-state index in [1.165, 1.54) is 11.8 Å². The third-order valence-electron chi connectivity index (χ3n) is 2.11. The number of hydrogen-bond acceptors (Lipinski definition) is 5. The zero-order valence-corrected chi connectivity index (χ0v) is 11.6. The van der Waals surface area contributed by atoms with Crippen molar-refractivity contribution in [2.45, 2.75) is 17.0 Å². The number of ketones is 1. The molecule has 0 radical (unpaired) electrons. The third-order valence-corrected chi connectivity index (χ3v) is 3.68. The van der Waals surface area contributed by atoms with Crippen LogP contribution in [0, 0.1) is 0 Å². The lowest BCUT2D eigenvalue weighted by Crippen LogP contribution is -1.97. The summed E-state index contributed by atoms with van der Waals surface area (Å²) >= 11 is 4.75. The summed E-state index contributed by atoms with van der Waals surface area (Å²) in [5.41, 5.74) is 0.668. The Morgan fingerprint density at radius 2 is 2.24 bits per heavy atom.